The highest BCUT2D eigenvalue weighted by molar-refractivity contribution is 5.34. The SMILES string of the molecule is CC(C)Cc1ccc([C@@]2(C)O[C@@H]2C#N)cc1. The number of rotatable bonds is 3. The van der Waals surface area contributed by atoms with Crippen molar-refractivity contribution in [3.05, 3.63) is 35.4 Å². The van der Waals surface area contributed by atoms with Crippen molar-refractivity contribution in [2.24, 2.45) is 5.92 Å². The van der Waals surface area contributed by atoms with Gasteiger partial charge in [0.25, 0.3) is 0 Å². The minimum atomic E-state index is -0.370. The lowest BCUT2D eigenvalue weighted by Crippen LogP contribution is -2.06. The van der Waals surface area contributed by atoms with E-state index in [4.69, 9.17) is 10.00 Å². The molecular weight excluding hydrogens is 198 g/mol. The summed E-state index contributed by atoms with van der Waals surface area (Å²) < 4.78 is 5.40. The van der Waals surface area contributed by atoms with Crippen LogP contribution in [0.4, 0.5) is 0 Å². The van der Waals surface area contributed by atoms with Crippen molar-refractivity contribution in [2.45, 2.75) is 38.9 Å². The predicted octanol–water partition coefficient (Wildman–Crippen LogP) is 3.02. The quantitative estimate of drug-likeness (QED) is 0.727. The van der Waals surface area contributed by atoms with Crippen molar-refractivity contribution in [3.8, 4) is 6.07 Å². The highest BCUT2D eigenvalue weighted by Gasteiger charge is 2.54. The second-order valence-corrected chi connectivity index (χ2v) is 5.03. The summed E-state index contributed by atoms with van der Waals surface area (Å²) in [6, 6.07) is 10.6. The highest BCUT2D eigenvalue weighted by atomic mass is 16.6. The monoisotopic (exact) mass is 215 g/mol. The summed E-state index contributed by atoms with van der Waals surface area (Å²) in [4.78, 5) is 0. The zero-order valence-electron chi connectivity index (χ0n) is 10.0. The average Bonchev–Trinajstić information content (AvgIpc) is 2.91. The molecule has 0 unspecified atom stereocenters. The van der Waals surface area contributed by atoms with Crippen LogP contribution in [0.15, 0.2) is 24.3 Å². The topological polar surface area (TPSA) is 36.3 Å². The van der Waals surface area contributed by atoms with E-state index in [1.807, 2.05) is 6.92 Å². The first-order chi connectivity index (χ1) is 7.56. The molecular formula is C14H17NO. The Morgan fingerprint density at radius 3 is 2.44 bits per heavy atom. The van der Waals surface area contributed by atoms with Crippen molar-refractivity contribution in [3.63, 3.8) is 0 Å². The van der Waals surface area contributed by atoms with Gasteiger partial charge in [-0.3, -0.25) is 0 Å². The third-order valence-corrected chi connectivity index (χ3v) is 3.09. The van der Waals surface area contributed by atoms with Gasteiger partial charge in [0.2, 0.25) is 0 Å². The van der Waals surface area contributed by atoms with Gasteiger partial charge in [0, 0.05) is 0 Å². The maximum atomic E-state index is 8.80. The van der Waals surface area contributed by atoms with Gasteiger partial charge in [0.1, 0.15) is 5.60 Å². The van der Waals surface area contributed by atoms with E-state index in [-0.39, 0.29) is 11.7 Å². The molecule has 0 bridgehead atoms. The molecule has 0 aliphatic carbocycles. The molecule has 1 aromatic rings. The van der Waals surface area contributed by atoms with E-state index >= 15 is 0 Å². The number of nitrogens with zero attached hydrogens (tertiary/aromatic N) is 1. The third kappa shape index (κ3) is 1.96. The van der Waals surface area contributed by atoms with Crippen molar-refractivity contribution in [1.82, 2.24) is 0 Å². The third-order valence-electron chi connectivity index (χ3n) is 3.09. The fourth-order valence-corrected chi connectivity index (χ4v) is 2.02. The lowest BCUT2D eigenvalue weighted by molar-refractivity contribution is 0.321. The van der Waals surface area contributed by atoms with Gasteiger partial charge in [0.15, 0.2) is 6.10 Å². The van der Waals surface area contributed by atoms with E-state index in [2.05, 4.69) is 44.2 Å². The molecule has 2 nitrogen and oxygen atoms in total. The van der Waals surface area contributed by atoms with Gasteiger partial charge in [-0.05, 0) is 30.4 Å². The van der Waals surface area contributed by atoms with E-state index in [9.17, 15) is 0 Å². The average molecular weight is 215 g/mol. The molecule has 0 N–H and O–H groups in total. The van der Waals surface area contributed by atoms with E-state index in [1.54, 1.807) is 0 Å². The molecule has 2 atom stereocenters. The molecule has 1 aliphatic rings. The Morgan fingerprint density at radius 1 is 1.38 bits per heavy atom. The molecule has 1 saturated heterocycles. The van der Waals surface area contributed by atoms with Crippen LogP contribution >= 0.6 is 0 Å². The Balaban J connectivity index is 2.12. The van der Waals surface area contributed by atoms with Crippen LogP contribution in [0.2, 0.25) is 0 Å². The first-order valence-electron chi connectivity index (χ1n) is 5.73. The Morgan fingerprint density at radius 2 is 2.00 bits per heavy atom. The smallest absolute Gasteiger partial charge is 0.178 e. The summed E-state index contributed by atoms with van der Waals surface area (Å²) in [6.07, 6.45) is 0.822. The van der Waals surface area contributed by atoms with Gasteiger partial charge < -0.3 is 4.74 Å². The summed E-state index contributed by atoms with van der Waals surface area (Å²) in [5.74, 6) is 0.672. The minimum absolute atomic E-state index is 0.275. The molecule has 1 heterocycles. The first kappa shape index (κ1) is 11.2. The number of hydrogen-bond acceptors (Lipinski definition) is 2. The lowest BCUT2D eigenvalue weighted by atomic mass is 9.95. The fourth-order valence-electron chi connectivity index (χ4n) is 2.02. The molecule has 0 aromatic heterocycles. The minimum Gasteiger partial charge on any atom is -0.345 e. The molecule has 0 amide bonds. The molecule has 84 valence electrons. The molecule has 16 heavy (non-hydrogen) atoms. The molecule has 0 saturated carbocycles. The molecule has 1 aromatic carbocycles. The van der Waals surface area contributed by atoms with E-state index in [0.717, 1.165) is 12.0 Å². The van der Waals surface area contributed by atoms with Crippen molar-refractivity contribution >= 4 is 0 Å². The van der Waals surface area contributed by atoms with Gasteiger partial charge in [0.05, 0.1) is 6.07 Å². The van der Waals surface area contributed by atoms with Crippen LogP contribution in [0.5, 0.6) is 0 Å². The number of ether oxygens (including phenoxy) is 1. The highest BCUT2D eigenvalue weighted by Crippen LogP contribution is 2.45. The van der Waals surface area contributed by atoms with Crippen molar-refractivity contribution in [2.75, 3.05) is 0 Å². The number of hydrogen-bond donors (Lipinski definition) is 0. The van der Waals surface area contributed by atoms with E-state index < -0.39 is 0 Å². The van der Waals surface area contributed by atoms with Crippen LogP contribution in [0.1, 0.15) is 31.9 Å². The molecule has 2 heteroatoms. The number of benzene rings is 1. The summed E-state index contributed by atoms with van der Waals surface area (Å²) in [5.41, 5.74) is 2.08. The number of nitriles is 1. The zero-order chi connectivity index (χ0) is 11.8. The summed E-state index contributed by atoms with van der Waals surface area (Å²) in [6.45, 7) is 6.40. The van der Waals surface area contributed by atoms with Crippen molar-refractivity contribution < 1.29 is 4.74 Å². The molecule has 0 radical (unpaired) electrons. The zero-order valence-corrected chi connectivity index (χ0v) is 10.0. The van der Waals surface area contributed by atoms with Gasteiger partial charge in [-0.15, -0.1) is 0 Å². The van der Waals surface area contributed by atoms with Crippen LogP contribution < -0.4 is 0 Å². The van der Waals surface area contributed by atoms with E-state index in [1.165, 1.54) is 5.56 Å². The van der Waals surface area contributed by atoms with Gasteiger partial charge in [-0.2, -0.15) is 5.26 Å². The summed E-state index contributed by atoms with van der Waals surface area (Å²) >= 11 is 0. The van der Waals surface area contributed by atoms with Crippen LogP contribution in [0, 0.1) is 17.2 Å². The predicted molar refractivity (Wildman–Crippen MR) is 62.8 cm³/mol. The maximum Gasteiger partial charge on any atom is 0.178 e. The second kappa shape index (κ2) is 3.92. The second-order valence-electron chi connectivity index (χ2n) is 5.03. The van der Waals surface area contributed by atoms with Crippen LogP contribution in [0.25, 0.3) is 0 Å². The maximum absolute atomic E-state index is 8.80. The Bertz CT molecular complexity index is 415. The molecule has 1 fully saturated rings. The molecule has 0 spiro atoms. The van der Waals surface area contributed by atoms with Crippen LogP contribution in [-0.4, -0.2) is 6.10 Å². The summed E-state index contributed by atoms with van der Waals surface area (Å²) in [7, 11) is 0. The number of epoxide rings is 1. The first-order valence-corrected chi connectivity index (χ1v) is 5.73. The Hall–Kier alpha value is -1.33. The summed E-state index contributed by atoms with van der Waals surface area (Å²) in [5, 5.41) is 8.80. The van der Waals surface area contributed by atoms with Crippen LogP contribution in [0.3, 0.4) is 0 Å². The van der Waals surface area contributed by atoms with Crippen LogP contribution in [-0.2, 0) is 16.8 Å². The normalized spacial score (nSPS) is 27.8. The van der Waals surface area contributed by atoms with Crippen molar-refractivity contribution in [1.29, 1.82) is 5.26 Å². The Labute approximate surface area is 96.9 Å². The molecule has 1 aliphatic heterocycles. The van der Waals surface area contributed by atoms with Gasteiger partial charge >= 0.3 is 0 Å². The standard InChI is InChI=1S/C14H17NO/c1-10(2)8-11-4-6-12(7-5-11)14(3)13(9-15)16-14/h4-7,10,13H,8H2,1-3H3/t13-,14-/m1/s1. The van der Waals surface area contributed by atoms with Gasteiger partial charge in [-0.25, -0.2) is 0 Å². The van der Waals surface area contributed by atoms with E-state index in [0.29, 0.717) is 5.92 Å². The molecule has 2 rings (SSSR count). The fraction of sp³-hybridized carbons (Fsp3) is 0.500. The van der Waals surface area contributed by atoms with Gasteiger partial charge in [-0.1, -0.05) is 38.1 Å². The Kier molecular flexibility index (Phi) is 2.73. The lowest BCUT2D eigenvalue weighted by Gasteiger charge is -2.08. The largest absolute Gasteiger partial charge is 0.345 e.